The number of ether oxygens (including phenoxy) is 1. The first kappa shape index (κ1) is 16.5. The third-order valence-corrected chi connectivity index (χ3v) is 5.07. The summed E-state index contributed by atoms with van der Waals surface area (Å²) < 4.78 is 6.25. The Balaban J connectivity index is 1.54. The largest absolute Gasteiger partial charge is 0.378 e. The molecule has 2 fully saturated rings. The third kappa shape index (κ3) is 3.93. The van der Waals surface area contributed by atoms with Crippen LogP contribution in [0, 0.1) is 5.92 Å². The molecule has 2 aliphatic rings. The van der Waals surface area contributed by atoms with Crippen LogP contribution in [0.5, 0.6) is 0 Å². The third-order valence-electron chi connectivity index (χ3n) is 4.55. The molecule has 1 aromatic rings. The summed E-state index contributed by atoms with van der Waals surface area (Å²) in [5.74, 6) is 0.320. The van der Waals surface area contributed by atoms with Gasteiger partial charge in [0.15, 0.2) is 0 Å². The first-order valence-electron chi connectivity index (χ1n) is 8.06. The molecule has 23 heavy (non-hydrogen) atoms. The Morgan fingerprint density at radius 1 is 0.957 bits per heavy atom. The van der Waals surface area contributed by atoms with Crippen LogP contribution in [0.15, 0.2) is 28.7 Å². The number of hydrogen-bond donors (Lipinski definition) is 0. The van der Waals surface area contributed by atoms with Crippen LogP contribution in [-0.2, 0) is 9.53 Å². The van der Waals surface area contributed by atoms with Crippen LogP contribution in [0.1, 0.15) is 23.2 Å². The number of halogens is 1. The van der Waals surface area contributed by atoms with E-state index >= 15 is 0 Å². The molecule has 0 N–H and O–H groups in total. The Hall–Kier alpha value is -1.40. The van der Waals surface area contributed by atoms with E-state index in [1.54, 1.807) is 0 Å². The van der Waals surface area contributed by atoms with Crippen molar-refractivity contribution in [1.29, 1.82) is 0 Å². The monoisotopic (exact) mass is 380 g/mol. The lowest BCUT2D eigenvalue weighted by atomic mass is 9.94. The number of carbonyl (C=O) groups excluding carboxylic acids is 2. The summed E-state index contributed by atoms with van der Waals surface area (Å²) in [6.07, 6.45) is 1.50. The SMILES string of the molecule is O=C(c1ccc(Br)cc1)N1CCC(C(=O)N2CCOCC2)CC1. The lowest BCUT2D eigenvalue weighted by Crippen LogP contribution is -2.47. The minimum absolute atomic E-state index is 0.0436. The molecule has 0 unspecified atom stereocenters. The summed E-state index contributed by atoms with van der Waals surface area (Å²) in [6.45, 7) is 3.94. The number of piperidine rings is 1. The van der Waals surface area contributed by atoms with Crippen molar-refractivity contribution in [2.45, 2.75) is 12.8 Å². The van der Waals surface area contributed by atoms with Crippen molar-refractivity contribution in [3.63, 3.8) is 0 Å². The van der Waals surface area contributed by atoms with Gasteiger partial charge in [0.05, 0.1) is 13.2 Å². The van der Waals surface area contributed by atoms with Crippen molar-refractivity contribution >= 4 is 27.7 Å². The Bertz CT molecular complexity index is 562. The van der Waals surface area contributed by atoms with Crippen molar-refractivity contribution in [2.24, 2.45) is 5.92 Å². The summed E-state index contributed by atoms with van der Waals surface area (Å²) in [6, 6.07) is 7.42. The molecule has 2 amide bonds. The maximum atomic E-state index is 12.5. The molecule has 0 atom stereocenters. The Kier molecular flexibility index (Phi) is 5.33. The van der Waals surface area contributed by atoms with E-state index in [9.17, 15) is 9.59 Å². The van der Waals surface area contributed by atoms with E-state index < -0.39 is 0 Å². The molecule has 0 aliphatic carbocycles. The molecule has 0 saturated carbocycles. The van der Waals surface area contributed by atoms with Gasteiger partial charge in [0.25, 0.3) is 5.91 Å². The molecule has 0 radical (unpaired) electrons. The maximum Gasteiger partial charge on any atom is 0.253 e. The van der Waals surface area contributed by atoms with E-state index in [4.69, 9.17) is 4.74 Å². The van der Waals surface area contributed by atoms with E-state index in [1.165, 1.54) is 0 Å². The fourth-order valence-electron chi connectivity index (χ4n) is 3.15. The van der Waals surface area contributed by atoms with Gasteiger partial charge in [-0.1, -0.05) is 15.9 Å². The van der Waals surface area contributed by atoms with Crippen molar-refractivity contribution in [1.82, 2.24) is 9.80 Å². The molecule has 0 spiro atoms. The number of amides is 2. The molecular weight excluding hydrogens is 360 g/mol. The van der Waals surface area contributed by atoms with Crippen LogP contribution in [0.25, 0.3) is 0 Å². The van der Waals surface area contributed by atoms with Gasteiger partial charge in [0.1, 0.15) is 0 Å². The average molecular weight is 381 g/mol. The summed E-state index contributed by atoms with van der Waals surface area (Å²) in [5.41, 5.74) is 0.700. The van der Waals surface area contributed by atoms with Gasteiger partial charge in [-0.25, -0.2) is 0 Å². The van der Waals surface area contributed by atoms with Crippen molar-refractivity contribution < 1.29 is 14.3 Å². The van der Waals surface area contributed by atoms with Crippen LogP contribution in [0.3, 0.4) is 0 Å². The highest BCUT2D eigenvalue weighted by molar-refractivity contribution is 9.10. The number of benzene rings is 1. The number of carbonyl (C=O) groups is 2. The van der Waals surface area contributed by atoms with E-state index in [0.717, 1.165) is 17.3 Å². The summed E-state index contributed by atoms with van der Waals surface area (Å²) in [4.78, 5) is 28.7. The van der Waals surface area contributed by atoms with E-state index in [2.05, 4.69) is 15.9 Å². The molecule has 1 aromatic carbocycles. The van der Waals surface area contributed by atoms with Crippen LogP contribution in [-0.4, -0.2) is 61.0 Å². The van der Waals surface area contributed by atoms with E-state index in [1.807, 2.05) is 34.1 Å². The van der Waals surface area contributed by atoms with Crippen LogP contribution in [0.4, 0.5) is 0 Å². The van der Waals surface area contributed by atoms with E-state index in [-0.39, 0.29) is 17.7 Å². The van der Waals surface area contributed by atoms with E-state index in [0.29, 0.717) is 45.0 Å². The molecule has 6 heteroatoms. The van der Waals surface area contributed by atoms with Crippen LogP contribution < -0.4 is 0 Å². The Labute approximate surface area is 144 Å². The molecule has 2 saturated heterocycles. The lowest BCUT2D eigenvalue weighted by Gasteiger charge is -2.35. The first-order chi connectivity index (χ1) is 11.1. The Morgan fingerprint density at radius 3 is 2.17 bits per heavy atom. The van der Waals surface area contributed by atoms with Gasteiger partial charge in [0.2, 0.25) is 5.91 Å². The van der Waals surface area contributed by atoms with Gasteiger partial charge in [0, 0.05) is 42.1 Å². The molecule has 2 aliphatic heterocycles. The fourth-order valence-corrected chi connectivity index (χ4v) is 3.41. The lowest BCUT2D eigenvalue weighted by molar-refractivity contribution is -0.141. The molecule has 2 heterocycles. The molecule has 124 valence electrons. The number of likely N-dealkylation sites (tertiary alicyclic amines) is 1. The zero-order chi connectivity index (χ0) is 16.2. The smallest absolute Gasteiger partial charge is 0.253 e. The van der Waals surface area contributed by atoms with Crippen molar-refractivity contribution in [2.75, 3.05) is 39.4 Å². The number of rotatable bonds is 2. The second kappa shape index (κ2) is 7.45. The highest BCUT2D eigenvalue weighted by atomic mass is 79.9. The first-order valence-corrected chi connectivity index (χ1v) is 8.86. The summed E-state index contributed by atoms with van der Waals surface area (Å²) in [7, 11) is 0. The predicted molar refractivity (Wildman–Crippen MR) is 90.2 cm³/mol. The fraction of sp³-hybridized carbons (Fsp3) is 0.529. The minimum Gasteiger partial charge on any atom is -0.378 e. The van der Waals surface area contributed by atoms with Gasteiger partial charge >= 0.3 is 0 Å². The normalized spacial score (nSPS) is 19.7. The highest BCUT2D eigenvalue weighted by Gasteiger charge is 2.31. The second-order valence-corrected chi connectivity index (χ2v) is 6.93. The number of morpholine rings is 1. The quantitative estimate of drug-likeness (QED) is 0.789. The number of nitrogens with zero attached hydrogens (tertiary/aromatic N) is 2. The second-order valence-electron chi connectivity index (χ2n) is 6.01. The van der Waals surface area contributed by atoms with Gasteiger partial charge in [-0.05, 0) is 37.1 Å². The maximum absolute atomic E-state index is 12.5. The molecule has 5 nitrogen and oxygen atoms in total. The number of hydrogen-bond acceptors (Lipinski definition) is 3. The van der Waals surface area contributed by atoms with Gasteiger partial charge in [-0.2, -0.15) is 0 Å². The minimum atomic E-state index is 0.0436. The van der Waals surface area contributed by atoms with Gasteiger partial charge in [-0.15, -0.1) is 0 Å². The van der Waals surface area contributed by atoms with Crippen molar-refractivity contribution in [3.8, 4) is 0 Å². The molecule has 3 rings (SSSR count). The van der Waals surface area contributed by atoms with Crippen LogP contribution >= 0.6 is 15.9 Å². The molecular formula is C17H21BrN2O3. The zero-order valence-electron chi connectivity index (χ0n) is 13.0. The average Bonchev–Trinajstić information content (AvgIpc) is 2.62. The molecule has 0 aromatic heterocycles. The zero-order valence-corrected chi connectivity index (χ0v) is 14.6. The highest BCUT2D eigenvalue weighted by Crippen LogP contribution is 2.22. The standard InChI is InChI=1S/C17H21BrN2O3/c18-15-3-1-13(2-4-15)16(21)19-7-5-14(6-8-19)17(22)20-9-11-23-12-10-20/h1-4,14H,5-12H2. The summed E-state index contributed by atoms with van der Waals surface area (Å²) in [5, 5.41) is 0. The van der Waals surface area contributed by atoms with Gasteiger partial charge in [-0.3, -0.25) is 9.59 Å². The summed E-state index contributed by atoms with van der Waals surface area (Å²) >= 11 is 3.38. The van der Waals surface area contributed by atoms with Crippen LogP contribution in [0.2, 0.25) is 0 Å². The van der Waals surface area contributed by atoms with Crippen molar-refractivity contribution in [3.05, 3.63) is 34.3 Å². The predicted octanol–water partition coefficient (Wildman–Crippen LogP) is 2.16. The van der Waals surface area contributed by atoms with Gasteiger partial charge < -0.3 is 14.5 Å². The Morgan fingerprint density at radius 2 is 1.57 bits per heavy atom. The topological polar surface area (TPSA) is 49.9 Å². The molecule has 0 bridgehead atoms.